The molecular weight excluding hydrogens is 314 g/mol. The van der Waals surface area contributed by atoms with Gasteiger partial charge in [0.05, 0.1) is 17.8 Å². The van der Waals surface area contributed by atoms with Crippen LogP contribution in [0.3, 0.4) is 0 Å². The summed E-state index contributed by atoms with van der Waals surface area (Å²) < 4.78 is 4.68. The first-order valence-corrected chi connectivity index (χ1v) is 8.56. The Morgan fingerprint density at radius 2 is 1.12 bits per heavy atom. The molecule has 1 aromatic heterocycles. The molecule has 4 aliphatic rings. The van der Waals surface area contributed by atoms with Gasteiger partial charge in [0.25, 0.3) is 0 Å². The number of hydrogen-bond acceptors (Lipinski definition) is 2. The topological polar surface area (TPSA) is 48.9 Å². The Kier molecular flexibility index (Phi) is 2.28. The second kappa shape index (κ2) is 4.30. The fourth-order valence-electron chi connectivity index (χ4n) is 4.83. The maximum atomic E-state index is 13.2. The lowest BCUT2D eigenvalue weighted by Gasteiger charge is -2.51. The number of para-hydroxylation sites is 1. The van der Waals surface area contributed by atoms with Crippen molar-refractivity contribution >= 4 is 0 Å². The first kappa shape index (κ1) is 13.2. The van der Waals surface area contributed by atoms with E-state index in [0.29, 0.717) is 17.5 Å². The minimum atomic E-state index is -0.251. The number of rotatable bonds is 1. The first-order valence-electron chi connectivity index (χ1n) is 8.56. The van der Waals surface area contributed by atoms with Gasteiger partial charge in [-0.1, -0.05) is 54.6 Å². The lowest BCUT2D eigenvalue weighted by Crippen LogP contribution is -2.53. The Hall–Kier alpha value is -3.08. The van der Waals surface area contributed by atoms with Crippen molar-refractivity contribution in [3.63, 3.8) is 0 Å². The van der Waals surface area contributed by atoms with Gasteiger partial charge in [0.2, 0.25) is 0 Å². The van der Waals surface area contributed by atoms with Gasteiger partial charge in [-0.2, -0.15) is 0 Å². The van der Waals surface area contributed by atoms with Crippen LogP contribution < -0.4 is 11.4 Å². The summed E-state index contributed by atoms with van der Waals surface area (Å²) >= 11 is 0. The highest BCUT2D eigenvalue weighted by Crippen LogP contribution is 2.55. The van der Waals surface area contributed by atoms with Gasteiger partial charge in [-0.05, 0) is 23.3 Å². The summed E-state index contributed by atoms with van der Waals surface area (Å²) in [7, 11) is 0. The molecule has 0 amide bonds. The summed E-state index contributed by atoms with van der Waals surface area (Å²) in [6.07, 6.45) is 4.36. The highest BCUT2D eigenvalue weighted by Gasteiger charge is 2.53. The Morgan fingerprint density at radius 1 is 0.640 bits per heavy atom. The molecule has 0 radical (unpaired) electrons. The first-order chi connectivity index (χ1) is 12.3. The second-order valence-electron chi connectivity index (χ2n) is 6.98. The maximum absolute atomic E-state index is 13.2. The van der Waals surface area contributed by atoms with Gasteiger partial charge in [0.1, 0.15) is 0 Å². The van der Waals surface area contributed by atoms with E-state index in [-0.39, 0.29) is 23.5 Å². The molecule has 2 aliphatic heterocycles. The quantitative estimate of drug-likeness (QED) is 0.642. The van der Waals surface area contributed by atoms with Crippen LogP contribution in [-0.2, 0) is 0 Å². The van der Waals surface area contributed by atoms with E-state index in [1.54, 1.807) is 21.5 Å². The molecule has 2 bridgehead atoms. The highest BCUT2D eigenvalue weighted by molar-refractivity contribution is 5.45. The largest absolute Gasteiger partial charge is 0.352 e. The van der Waals surface area contributed by atoms with Gasteiger partial charge in [-0.3, -0.25) is 0 Å². The Balaban J connectivity index is 1.71. The third kappa shape index (κ3) is 1.41. The minimum absolute atomic E-state index is 0.0960. The van der Waals surface area contributed by atoms with Crippen LogP contribution >= 0.6 is 0 Å². The van der Waals surface area contributed by atoms with Gasteiger partial charge < -0.3 is 0 Å². The minimum Gasteiger partial charge on any atom is -0.245 e. The van der Waals surface area contributed by atoms with E-state index < -0.39 is 0 Å². The van der Waals surface area contributed by atoms with Crippen molar-refractivity contribution in [3.05, 3.63) is 98.8 Å². The van der Waals surface area contributed by atoms with Gasteiger partial charge in [0, 0.05) is 11.8 Å². The van der Waals surface area contributed by atoms with E-state index in [1.165, 1.54) is 15.7 Å². The number of allylic oxidation sites excluding steroid dienone is 2. The van der Waals surface area contributed by atoms with E-state index in [0.717, 1.165) is 0 Å². The van der Waals surface area contributed by atoms with Crippen LogP contribution in [0.4, 0.5) is 0 Å². The van der Waals surface area contributed by atoms with Crippen molar-refractivity contribution in [1.82, 2.24) is 13.9 Å². The molecule has 0 saturated heterocycles. The lowest BCUT2D eigenvalue weighted by molar-refractivity contribution is 0.122. The van der Waals surface area contributed by atoms with Crippen molar-refractivity contribution in [2.45, 2.75) is 12.1 Å². The molecule has 2 aliphatic carbocycles. The monoisotopic (exact) mass is 329 g/mol. The van der Waals surface area contributed by atoms with Crippen LogP contribution in [0.1, 0.15) is 23.2 Å². The smallest absolute Gasteiger partial charge is 0.245 e. The van der Waals surface area contributed by atoms with Crippen molar-refractivity contribution in [1.29, 1.82) is 0 Å². The predicted molar refractivity (Wildman–Crippen MR) is 93.1 cm³/mol. The molecule has 25 heavy (non-hydrogen) atoms. The van der Waals surface area contributed by atoms with Crippen molar-refractivity contribution in [2.24, 2.45) is 11.8 Å². The molecule has 2 aromatic carbocycles. The zero-order chi connectivity index (χ0) is 16.7. The number of benzene rings is 2. The van der Waals surface area contributed by atoms with E-state index in [1.807, 2.05) is 30.3 Å². The normalized spacial score (nSPS) is 27.4. The van der Waals surface area contributed by atoms with Crippen LogP contribution in [0, 0.1) is 11.8 Å². The number of hydrogen-bond donors (Lipinski definition) is 0. The van der Waals surface area contributed by atoms with Crippen molar-refractivity contribution in [2.75, 3.05) is 0 Å². The van der Waals surface area contributed by atoms with Crippen LogP contribution in [0.25, 0.3) is 5.69 Å². The van der Waals surface area contributed by atoms with Gasteiger partial charge >= 0.3 is 11.4 Å². The van der Waals surface area contributed by atoms with E-state index in [2.05, 4.69) is 24.3 Å². The Bertz CT molecular complexity index is 1100. The molecule has 3 aromatic rings. The highest BCUT2D eigenvalue weighted by atomic mass is 16.2. The zero-order valence-electron chi connectivity index (χ0n) is 13.3. The van der Waals surface area contributed by atoms with E-state index in [4.69, 9.17) is 0 Å². The SMILES string of the molecule is O=c1n(-c2ccccc2)c(=O)n2n1[C@H]1c3ccccc3[C@H]2[C@H]2C=C[C@@H]21. The van der Waals surface area contributed by atoms with E-state index >= 15 is 0 Å². The number of aromatic nitrogens is 3. The van der Waals surface area contributed by atoms with Crippen LogP contribution in [-0.4, -0.2) is 13.9 Å². The average molecular weight is 329 g/mol. The molecule has 5 nitrogen and oxygen atoms in total. The third-order valence-electron chi connectivity index (χ3n) is 5.91. The van der Waals surface area contributed by atoms with Crippen molar-refractivity contribution in [3.8, 4) is 5.69 Å². The van der Waals surface area contributed by atoms with Crippen LogP contribution in [0.5, 0.6) is 0 Å². The predicted octanol–water partition coefficient (Wildman–Crippen LogP) is 2.11. The molecule has 7 rings (SSSR count). The summed E-state index contributed by atoms with van der Waals surface area (Å²) in [5, 5.41) is 0. The summed E-state index contributed by atoms with van der Waals surface area (Å²) in [4.78, 5) is 26.4. The zero-order valence-corrected chi connectivity index (χ0v) is 13.3. The molecular formula is C20H15N3O2. The summed E-state index contributed by atoms with van der Waals surface area (Å²) in [5.74, 6) is 0.590. The molecule has 122 valence electrons. The summed E-state index contributed by atoms with van der Waals surface area (Å²) in [6.45, 7) is 0. The van der Waals surface area contributed by atoms with E-state index in [9.17, 15) is 9.59 Å². The standard InChI is InChI=1S/C20H15N3O2/c24-19-21(12-6-2-1-3-7-12)20(25)23-18-14-9-5-4-8-13(14)17(22(19)23)15-10-11-16(15)18/h1-11,15-18H/t15-,16-,17-,18-/m0/s1. The second-order valence-corrected chi connectivity index (χ2v) is 6.98. The summed E-state index contributed by atoms with van der Waals surface area (Å²) in [5.41, 5.74) is 2.46. The third-order valence-corrected chi connectivity index (χ3v) is 5.91. The molecule has 0 N–H and O–H groups in total. The molecule has 0 spiro atoms. The molecule has 3 heterocycles. The Labute approximate surface area is 143 Å². The van der Waals surface area contributed by atoms with Gasteiger partial charge in [0.15, 0.2) is 0 Å². The van der Waals surface area contributed by atoms with Crippen molar-refractivity contribution < 1.29 is 0 Å². The summed E-state index contributed by atoms with van der Waals surface area (Å²) in [6, 6.07) is 17.2. The number of nitrogens with zero attached hydrogens (tertiary/aromatic N) is 3. The fraction of sp³-hybridized carbons (Fsp3) is 0.200. The Morgan fingerprint density at radius 3 is 1.60 bits per heavy atom. The van der Waals surface area contributed by atoms with Crippen LogP contribution in [0.2, 0.25) is 0 Å². The molecule has 0 unspecified atom stereocenters. The fourth-order valence-corrected chi connectivity index (χ4v) is 4.83. The lowest BCUT2D eigenvalue weighted by atomic mass is 9.63. The average Bonchev–Trinajstić information content (AvgIpc) is 2.88. The molecule has 0 saturated carbocycles. The maximum Gasteiger partial charge on any atom is 0.352 e. The molecule has 5 heteroatoms. The van der Waals surface area contributed by atoms with Crippen LogP contribution in [0.15, 0.2) is 76.3 Å². The van der Waals surface area contributed by atoms with Gasteiger partial charge in [-0.15, -0.1) is 0 Å². The molecule has 4 atom stereocenters. The molecule has 0 fully saturated rings. The van der Waals surface area contributed by atoms with Gasteiger partial charge in [-0.25, -0.2) is 23.5 Å².